The summed E-state index contributed by atoms with van der Waals surface area (Å²) in [5, 5.41) is 3.71. The molecule has 1 heteroatoms. The van der Waals surface area contributed by atoms with Gasteiger partial charge in [0.05, 0.1) is 0 Å². The Morgan fingerprint density at radius 3 is 2.00 bits per heavy atom. The normalized spacial score (nSPS) is 26.1. The van der Waals surface area contributed by atoms with Gasteiger partial charge in [0.15, 0.2) is 0 Å². The number of nitrogens with one attached hydrogen (secondary N) is 1. The smallest absolute Gasteiger partial charge is 0.0132 e. The molecule has 1 rings (SSSR count). The molecule has 14 heavy (non-hydrogen) atoms. The van der Waals surface area contributed by atoms with E-state index in [0.29, 0.717) is 0 Å². The molecule has 1 fully saturated rings. The summed E-state index contributed by atoms with van der Waals surface area (Å²) in [6.45, 7) is 15.4. The molecule has 0 aliphatic carbocycles. The minimum Gasteiger partial charge on any atom is -0.307 e. The molecule has 0 amide bonds. The Hall–Kier alpha value is -0.300. The zero-order chi connectivity index (χ0) is 11.0. The van der Waals surface area contributed by atoms with Crippen molar-refractivity contribution in [1.29, 1.82) is 0 Å². The van der Waals surface area contributed by atoms with Gasteiger partial charge in [-0.3, -0.25) is 0 Å². The monoisotopic (exact) mass is 195 g/mol. The van der Waals surface area contributed by atoms with Crippen molar-refractivity contribution >= 4 is 0 Å². The van der Waals surface area contributed by atoms with Gasteiger partial charge in [0, 0.05) is 11.1 Å². The van der Waals surface area contributed by atoms with Crippen molar-refractivity contribution in [2.24, 2.45) is 5.92 Å². The molecule has 0 atom stereocenters. The zero-order valence-corrected chi connectivity index (χ0v) is 10.4. The highest BCUT2D eigenvalue weighted by Crippen LogP contribution is 2.35. The summed E-state index contributed by atoms with van der Waals surface area (Å²) in [6, 6.07) is 0. The second-order valence-corrected chi connectivity index (χ2v) is 6.33. The fraction of sp³-hybridized carbons (Fsp3) is 0.846. The molecule has 0 aromatic rings. The standard InChI is InChI=1S/C13H25N/c1-10(2)7-11-8-12(3,4)14-13(5,6)9-11/h11,14H,1,7-9H2,2-6H3. The van der Waals surface area contributed by atoms with Gasteiger partial charge in [0.25, 0.3) is 0 Å². The van der Waals surface area contributed by atoms with Gasteiger partial charge in [0.1, 0.15) is 0 Å². The average Bonchev–Trinajstić information content (AvgIpc) is 1.74. The molecule has 0 aromatic carbocycles. The third-order valence-electron chi connectivity index (χ3n) is 2.91. The molecule has 0 radical (unpaired) electrons. The number of rotatable bonds is 2. The van der Waals surface area contributed by atoms with Gasteiger partial charge in [0.2, 0.25) is 0 Å². The Bertz CT molecular complexity index is 209. The summed E-state index contributed by atoms with van der Waals surface area (Å²) in [7, 11) is 0. The Balaban J connectivity index is 2.66. The lowest BCUT2D eigenvalue weighted by Crippen LogP contribution is -2.57. The summed E-state index contributed by atoms with van der Waals surface area (Å²) in [5.74, 6) is 0.804. The fourth-order valence-electron chi connectivity index (χ4n) is 3.17. The summed E-state index contributed by atoms with van der Waals surface area (Å²) >= 11 is 0. The quantitative estimate of drug-likeness (QED) is 0.665. The van der Waals surface area contributed by atoms with Crippen molar-refractivity contribution in [1.82, 2.24) is 5.32 Å². The van der Waals surface area contributed by atoms with Crippen LogP contribution in [0.3, 0.4) is 0 Å². The molecule has 1 aliphatic heterocycles. The minimum absolute atomic E-state index is 0.280. The third-order valence-corrected chi connectivity index (χ3v) is 2.91. The first kappa shape index (κ1) is 11.8. The van der Waals surface area contributed by atoms with E-state index in [1.54, 1.807) is 0 Å². The van der Waals surface area contributed by atoms with Crippen LogP contribution in [-0.4, -0.2) is 11.1 Å². The van der Waals surface area contributed by atoms with Gasteiger partial charge in [-0.1, -0.05) is 5.57 Å². The summed E-state index contributed by atoms with van der Waals surface area (Å²) in [5.41, 5.74) is 1.88. The van der Waals surface area contributed by atoms with Crippen LogP contribution in [0.25, 0.3) is 0 Å². The van der Waals surface area contributed by atoms with Crippen LogP contribution in [0.5, 0.6) is 0 Å². The van der Waals surface area contributed by atoms with Gasteiger partial charge < -0.3 is 5.32 Å². The SMILES string of the molecule is C=C(C)CC1CC(C)(C)NC(C)(C)C1. The largest absolute Gasteiger partial charge is 0.307 e. The topological polar surface area (TPSA) is 12.0 Å². The van der Waals surface area contributed by atoms with Crippen LogP contribution in [-0.2, 0) is 0 Å². The molecule has 1 N–H and O–H groups in total. The van der Waals surface area contributed by atoms with Crippen molar-refractivity contribution in [3.8, 4) is 0 Å². The highest BCUT2D eigenvalue weighted by atomic mass is 15.0. The van der Waals surface area contributed by atoms with Gasteiger partial charge in [-0.05, 0) is 59.8 Å². The molecular weight excluding hydrogens is 170 g/mol. The Labute approximate surface area is 89.0 Å². The highest BCUT2D eigenvalue weighted by Gasteiger charge is 2.37. The first-order valence-electron chi connectivity index (χ1n) is 5.64. The van der Waals surface area contributed by atoms with E-state index >= 15 is 0 Å². The van der Waals surface area contributed by atoms with Crippen molar-refractivity contribution in [3.63, 3.8) is 0 Å². The first-order chi connectivity index (χ1) is 6.20. The van der Waals surface area contributed by atoms with Crippen LogP contribution in [0.2, 0.25) is 0 Å². The zero-order valence-electron chi connectivity index (χ0n) is 10.4. The van der Waals surface area contributed by atoms with Crippen LogP contribution >= 0.6 is 0 Å². The Kier molecular flexibility index (Phi) is 3.10. The van der Waals surface area contributed by atoms with E-state index in [1.807, 2.05) is 0 Å². The molecule has 1 nitrogen and oxygen atoms in total. The molecule has 0 aromatic heterocycles. The Morgan fingerprint density at radius 1 is 1.21 bits per heavy atom. The van der Waals surface area contributed by atoms with Crippen LogP contribution in [0, 0.1) is 5.92 Å². The second kappa shape index (κ2) is 3.69. The van der Waals surface area contributed by atoms with E-state index in [-0.39, 0.29) is 11.1 Å². The Morgan fingerprint density at radius 2 is 1.64 bits per heavy atom. The van der Waals surface area contributed by atoms with E-state index in [2.05, 4.69) is 46.5 Å². The van der Waals surface area contributed by atoms with E-state index in [0.717, 1.165) is 5.92 Å². The molecular formula is C13H25N. The van der Waals surface area contributed by atoms with Gasteiger partial charge in [-0.2, -0.15) is 0 Å². The first-order valence-corrected chi connectivity index (χ1v) is 5.64. The predicted octanol–water partition coefficient (Wildman–Crippen LogP) is 3.51. The number of allylic oxidation sites excluding steroid dienone is 1. The van der Waals surface area contributed by atoms with Gasteiger partial charge >= 0.3 is 0 Å². The molecule has 1 aliphatic rings. The summed E-state index contributed by atoms with van der Waals surface area (Å²) < 4.78 is 0. The maximum absolute atomic E-state index is 4.02. The molecule has 1 saturated heterocycles. The van der Waals surface area contributed by atoms with E-state index in [9.17, 15) is 0 Å². The second-order valence-electron chi connectivity index (χ2n) is 6.33. The van der Waals surface area contributed by atoms with Gasteiger partial charge in [-0.15, -0.1) is 6.58 Å². The van der Waals surface area contributed by atoms with E-state index in [4.69, 9.17) is 0 Å². The van der Waals surface area contributed by atoms with Crippen LogP contribution in [0.1, 0.15) is 53.9 Å². The molecule has 0 saturated carbocycles. The van der Waals surface area contributed by atoms with Crippen molar-refractivity contribution in [2.45, 2.75) is 65.0 Å². The van der Waals surface area contributed by atoms with Crippen LogP contribution in [0.4, 0.5) is 0 Å². The maximum Gasteiger partial charge on any atom is 0.0132 e. The number of hydrogen-bond acceptors (Lipinski definition) is 1. The van der Waals surface area contributed by atoms with Crippen molar-refractivity contribution < 1.29 is 0 Å². The average molecular weight is 195 g/mol. The molecule has 82 valence electrons. The van der Waals surface area contributed by atoms with E-state index in [1.165, 1.54) is 24.8 Å². The van der Waals surface area contributed by atoms with Crippen LogP contribution in [0.15, 0.2) is 12.2 Å². The molecule has 0 bridgehead atoms. The lowest BCUT2D eigenvalue weighted by atomic mass is 9.74. The maximum atomic E-state index is 4.02. The van der Waals surface area contributed by atoms with Gasteiger partial charge in [-0.25, -0.2) is 0 Å². The third kappa shape index (κ3) is 3.45. The molecule has 1 heterocycles. The van der Waals surface area contributed by atoms with E-state index < -0.39 is 0 Å². The lowest BCUT2D eigenvalue weighted by molar-refractivity contribution is 0.128. The van der Waals surface area contributed by atoms with Crippen molar-refractivity contribution in [3.05, 3.63) is 12.2 Å². The fourth-order valence-corrected chi connectivity index (χ4v) is 3.17. The minimum atomic E-state index is 0.280. The number of hydrogen-bond donors (Lipinski definition) is 1. The lowest BCUT2D eigenvalue weighted by Gasteiger charge is -2.46. The highest BCUT2D eigenvalue weighted by molar-refractivity contribution is 5.01. The molecule has 0 spiro atoms. The summed E-state index contributed by atoms with van der Waals surface area (Å²) in [4.78, 5) is 0. The van der Waals surface area contributed by atoms with Crippen LogP contribution < -0.4 is 5.32 Å². The predicted molar refractivity (Wildman–Crippen MR) is 63.4 cm³/mol. The van der Waals surface area contributed by atoms with Crippen molar-refractivity contribution in [2.75, 3.05) is 0 Å². The molecule has 0 unspecified atom stereocenters. The summed E-state index contributed by atoms with van der Waals surface area (Å²) in [6.07, 6.45) is 3.72. The number of piperidine rings is 1.